The molecule has 2 rings (SSSR count). The summed E-state index contributed by atoms with van der Waals surface area (Å²) in [4.78, 5) is 0. The number of aliphatic hydroxyl groups excluding tert-OH is 1. The Morgan fingerprint density at radius 3 is 2.32 bits per heavy atom. The number of fused-ring (bicyclic) bond motifs is 1. The van der Waals surface area contributed by atoms with Crippen molar-refractivity contribution in [2.24, 2.45) is 0 Å². The Hall–Kier alpha value is -1.43. The van der Waals surface area contributed by atoms with Crippen LogP contribution >= 0.6 is 0 Å². The number of hydrogen-bond donors (Lipinski definition) is 1. The third-order valence-electron chi connectivity index (χ3n) is 3.03. The lowest BCUT2D eigenvalue weighted by Gasteiger charge is -2.19. The average molecular weight is 276 g/mol. The van der Waals surface area contributed by atoms with Gasteiger partial charge in [-0.1, -0.05) is 6.92 Å². The first kappa shape index (κ1) is 14.0. The Bertz CT molecular complexity index is 457. The largest absolute Gasteiger partial charge is 0.490 e. The van der Waals surface area contributed by atoms with Gasteiger partial charge in [0, 0.05) is 18.9 Å². The van der Waals surface area contributed by atoms with Crippen LogP contribution in [0.1, 0.15) is 30.4 Å². The van der Waals surface area contributed by atoms with Crippen molar-refractivity contribution in [1.82, 2.24) is 0 Å². The molecule has 0 bridgehead atoms. The second-order valence-corrected chi connectivity index (χ2v) is 4.52. The maximum absolute atomic E-state index is 13.0. The summed E-state index contributed by atoms with van der Waals surface area (Å²) in [5.41, 5.74) is -0.752. The van der Waals surface area contributed by atoms with Crippen molar-refractivity contribution in [3.05, 3.63) is 23.3 Å². The van der Waals surface area contributed by atoms with Gasteiger partial charge in [-0.25, -0.2) is 0 Å². The molecule has 0 saturated heterocycles. The van der Waals surface area contributed by atoms with Gasteiger partial charge in [0.25, 0.3) is 0 Å². The topological polar surface area (TPSA) is 38.7 Å². The molecule has 1 aliphatic rings. The fourth-order valence-electron chi connectivity index (χ4n) is 1.98. The third-order valence-corrected chi connectivity index (χ3v) is 3.03. The highest BCUT2D eigenvalue weighted by molar-refractivity contribution is 5.50. The second kappa shape index (κ2) is 5.28. The minimum absolute atomic E-state index is 0.0271. The summed E-state index contributed by atoms with van der Waals surface area (Å²) >= 11 is 0. The molecule has 0 fully saturated rings. The monoisotopic (exact) mass is 276 g/mol. The number of hydrogen-bond acceptors (Lipinski definition) is 3. The molecule has 1 unspecified atom stereocenters. The molecule has 1 N–H and O–H groups in total. The van der Waals surface area contributed by atoms with Crippen LogP contribution in [0.4, 0.5) is 13.2 Å². The average Bonchev–Trinajstić information content (AvgIpc) is 2.59. The normalized spacial score (nSPS) is 16.9. The minimum atomic E-state index is -4.48. The van der Waals surface area contributed by atoms with Gasteiger partial charge in [0.05, 0.1) is 18.8 Å². The number of rotatable bonds is 2. The summed E-state index contributed by atoms with van der Waals surface area (Å²) < 4.78 is 49.8. The zero-order valence-corrected chi connectivity index (χ0v) is 10.5. The van der Waals surface area contributed by atoms with Crippen molar-refractivity contribution in [1.29, 1.82) is 0 Å². The van der Waals surface area contributed by atoms with E-state index in [1.165, 1.54) is 13.0 Å². The molecule has 1 aromatic carbocycles. The van der Waals surface area contributed by atoms with Gasteiger partial charge in [0.1, 0.15) is 0 Å². The van der Waals surface area contributed by atoms with E-state index in [4.69, 9.17) is 14.6 Å². The number of aliphatic hydroxyl groups is 1. The lowest BCUT2D eigenvalue weighted by molar-refractivity contribution is -0.138. The molecule has 0 saturated carbocycles. The molecule has 0 aliphatic carbocycles. The van der Waals surface area contributed by atoms with Gasteiger partial charge in [0.15, 0.2) is 11.5 Å². The van der Waals surface area contributed by atoms with E-state index >= 15 is 0 Å². The van der Waals surface area contributed by atoms with Crippen molar-refractivity contribution in [3.63, 3.8) is 0 Å². The van der Waals surface area contributed by atoms with E-state index < -0.39 is 17.7 Å². The van der Waals surface area contributed by atoms with Gasteiger partial charge in [-0.15, -0.1) is 0 Å². The molecule has 1 aliphatic heterocycles. The maximum Gasteiger partial charge on any atom is 0.416 e. The zero-order valence-electron chi connectivity index (χ0n) is 10.5. The smallest absolute Gasteiger partial charge is 0.416 e. The van der Waals surface area contributed by atoms with E-state index in [1.54, 1.807) is 0 Å². The van der Waals surface area contributed by atoms with Crippen molar-refractivity contribution < 1.29 is 27.8 Å². The highest BCUT2D eigenvalue weighted by Crippen LogP contribution is 2.42. The Balaban J connectivity index is 2.54. The lowest BCUT2D eigenvalue weighted by atomic mass is 9.95. The van der Waals surface area contributed by atoms with E-state index in [0.29, 0.717) is 25.4 Å². The van der Waals surface area contributed by atoms with Gasteiger partial charge in [0.2, 0.25) is 0 Å². The second-order valence-electron chi connectivity index (χ2n) is 4.52. The van der Waals surface area contributed by atoms with E-state index in [2.05, 4.69) is 0 Å². The molecule has 19 heavy (non-hydrogen) atoms. The van der Waals surface area contributed by atoms with Crippen LogP contribution in [-0.2, 0) is 6.18 Å². The maximum atomic E-state index is 13.0. The van der Waals surface area contributed by atoms with E-state index in [9.17, 15) is 13.2 Å². The molecular formula is C13H15F3O3. The van der Waals surface area contributed by atoms with Crippen molar-refractivity contribution in [3.8, 4) is 11.5 Å². The Kier molecular flexibility index (Phi) is 3.89. The van der Waals surface area contributed by atoms with E-state index in [1.807, 2.05) is 0 Å². The van der Waals surface area contributed by atoms with Crippen LogP contribution in [0.2, 0.25) is 0 Å². The SMILES string of the molecule is CC(CO)c1cc2c(cc1C(F)(F)F)OCCCO2. The number of benzene rings is 1. The predicted molar refractivity (Wildman–Crippen MR) is 62.6 cm³/mol. The molecule has 1 heterocycles. The van der Waals surface area contributed by atoms with Crippen LogP contribution in [-0.4, -0.2) is 24.9 Å². The summed E-state index contributed by atoms with van der Waals surface area (Å²) in [5.74, 6) is -0.201. The molecule has 6 heteroatoms. The molecule has 0 aromatic heterocycles. The first-order valence-electron chi connectivity index (χ1n) is 6.05. The summed E-state index contributed by atoms with van der Waals surface area (Å²) in [6.07, 6.45) is -3.86. The fourth-order valence-corrected chi connectivity index (χ4v) is 1.98. The van der Waals surface area contributed by atoms with Crippen LogP contribution in [0.5, 0.6) is 11.5 Å². The fraction of sp³-hybridized carbons (Fsp3) is 0.538. The number of ether oxygens (including phenoxy) is 2. The quantitative estimate of drug-likeness (QED) is 0.902. The molecule has 3 nitrogen and oxygen atoms in total. The summed E-state index contributed by atoms with van der Waals surface area (Å²) in [5, 5.41) is 9.10. The van der Waals surface area contributed by atoms with Gasteiger partial charge in [-0.3, -0.25) is 0 Å². The van der Waals surface area contributed by atoms with E-state index in [-0.39, 0.29) is 17.9 Å². The van der Waals surface area contributed by atoms with Gasteiger partial charge >= 0.3 is 6.18 Å². The Labute approximate surface area is 108 Å². The molecule has 0 spiro atoms. The molecule has 0 radical (unpaired) electrons. The number of halogens is 3. The highest BCUT2D eigenvalue weighted by atomic mass is 19.4. The van der Waals surface area contributed by atoms with Crippen molar-refractivity contribution >= 4 is 0 Å². The van der Waals surface area contributed by atoms with Crippen LogP contribution < -0.4 is 9.47 Å². The molecule has 1 aromatic rings. The summed E-state index contributed by atoms with van der Waals surface area (Å²) in [6.45, 7) is 1.92. The van der Waals surface area contributed by atoms with Crippen LogP contribution in [0.25, 0.3) is 0 Å². The predicted octanol–water partition coefficient (Wildman–Crippen LogP) is 2.96. The zero-order chi connectivity index (χ0) is 14.0. The van der Waals surface area contributed by atoms with Gasteiger partial charge in [-0.2, -0.15) is 13.2 Å². The number of alkyl halides is 3. The molecule has 106 valence electrons. The third kappa shape index (κ3) is 2.94. The Morgan fingerprint density at radius 2 is 1.79 bits per heavy atom. The van der Waals surface area contributed by atoms with Crippen molar-refractivity contribution in [2.75, 3.05) is 19.8 Å². The summed E-state index contributed by atoms with van der Waals surface area (Å²) in [7, 11) is 0. The molecule has 1 atom stereocenters. The first-order valence-corrected chi connectivity index (χ1v) is 6.05. The van der Waals surface area contributed by atoms with Gasteiger partial charge in [-0.05, 0) is 17.7 Å². The summed E-state index contributed by atoms with van der Waals surface area (Å²) in [6, 6.07) is 2.28. The van der Waals surface area contributed by atoms with Crippen LogP contribution in [0, 0.1) is 0 Å². The Morgan fingerprint density at radius 1 is 1.21 bits per heavy atom. The molecule has 0 amide bonds. The first-order chi connectivity index (χ1) is 8.93. The molecular weight excluding hydrogens is 261 g/mol. The minimum Gasteiger partial charge on any atom is -0.490 e. The van der Waals surface area contributed by atoms with Crippen molar-refractivity contribution in [2.45, 2.75) is 25.4 Å². The standard InChI is InChI=1S/C13H15F3O3/c1-8(7-17)9-5-11-12(19-4-2-3-18-11)6-10(9)13(14,15)16/h5-6,8,17H,2-4,7H2,1H3. The highest BCUT2D eigenvalue weighted by Gasteiger charge is 2.36. The van der Waals surface area contributed by atoms with Gasteiger partial charge < -0.3 is 14.6 Å². The van der Waals surface area contributed by atoms with Crippen LogP contribution in [0.15, 0.2) is 12.1 Å². The lowest BCUT2D eigenvalue weighted by Crippen LogP contribution is -2.13. The van der Waals surface area contributed by atoms with E-state index in [0.717, 1.165) is 6.07 Å². The van der Waals surface area contributed by atoms with Crippen LogP contribution in [0.3, 0.4) is 0 Å².